The largest absolute Gasteiger partial charge is 0.394 e. The highest BCUT2D eigenvalue weighted by Gasteiger charge is 2.10. The van der Waals surface area contributed by atoms with Gasteiger partial charge in [-0.2, -0.15) is 4.98 Å². The van der Waals surface area contributed by atoms with E-state index in [0.717, 1.165) is 17.7 Å². The number of aliphatic hydroxyl groups excluding tert-OH is 1. The minimum atomic E-state index is -0.955. The quantitative estimate of drug-likeness (QED) is 0.628. The lowest BCUT2D eigenvalue weighted by atomic mass is 10.2. The minimum absolute atomic E-state index is 0.0909. The number of nitrogens with zero attached hydrogens (tertiary/aromatic N) is 3. The predicted octanol–water partition coefficient (Wildman–Crippen LogP) is 3.35. The zero-order valence-corrected chi connectivity index (χ0v) is 13.9. The van der Waals surface area contributed by atoms with Gasteiger partial charge in [-0.05, 0) is 31.2 Å². The Balaban J connectivity index is 1.97. The highest BCUT2D eigenvalue weighted by molar-refractivity contribution is 5.66. The molecule has 8 heteroatoms. The molecule has 3 aromatic rings. The molecule has 0 aliphatic rings. The fourth-order valence-corrected chi connectivity index (χ4v) is 2.23. The van der Waals surface area contributed by atoms with Crippen LogP contribution in [0.3, 0.4) is 0 Å². The Morgan fingerprint density at radius 3 is 2.65 bits per heavy atom. The average Bonchev–Trinajstić information content (AvgIpc) is 2.65. The van der Waals surface area contributed by atoms with E-state index < -0.39 is 11.6 Å². The van der Waals surface area contributed by atoms with Crippen molar-refractivity contribution < 1.29 is 13.9 Å². The van der Waals surface area contributed by atoms with E-state index in [1.165, 1.54) is 6.07 Å². The van der Waals surface area contributed by atoms with Gasteiger partial charge in [-0.1, -0.05) is 0 Å². The fraction of sp³-hybridized carbons (Fsp3) is 0.167. The van der Waals surface area contributed by atoms with Crippen LogP contribution in [-0.2, 0) is 0 Å². The van der Waals surface area contributed by atoms with Crippen molar-refractivity contribution in [1.29, 1.82) is 0 Å². The number of halogens is 2. The molecule has 0 aliphatic heterocycles. The van der Waals surface area contributed by atoms with Crippen molar-refractivity contribution in [3.8, 4) is 11.3 Å². The van der Waals surface area contributed by atoms with E-state index >= 15 is 0 Å². The zero-order valence-electron chi connectivity index (χ0n) is 13.9. The monoisotopic (exact) mass is 357 g/mol. The van der Waals surface area contributed by atoms with Crippen LogP contribution in [0.15, 0.2) is 48.8 Å². The lowest BCUT2D eigenvalue weighted by Gasteiger charge is -2.14. The van der Waals surface area contributed by atoms with Gasteiger partial charge in [-0.3, -0.25) is 4.98 Å². The summed E-state index contributed by atoms with van der Waals surface area (Å²) < 4.78 is 26.5. The van der Waals surface area contributed by atoms with Crippen molar-refractivity contribution in [2.45, 2.75) is 13.0 Å². The van der Waals surface area contributed by atoms with Crippen molar-refractivity contribution in [1.82, 2.24) is 15.0 Å². The van der Waals surface area contributed by atoms with Crippen LogP contribution in [0.2, 0.25) is 0 Å². The molecule has 2 aromatic heterocycles. The van der Waals surface area contributed by atoms with Crippen LogP contribution in [0.4, 0.5) is 26.2 Å². The van der Waals surface area contributed by atoms with E-state index in [2.05, 4.69) is 25.6 Å². The van der Waals surface area contributed by atoms with Crippen molar-refractivity contribution >= 4 is 17.5 Å². The number of hydrogen-bond donors (Lipinski definition) is 3. The maximum atomic E-state index is 13.4. The average molecular weight is 357 g/mol. The summed E-state index contributed by atoms with van der Waals surface area (Å²) >= 11 is 0. The van der Waals surface area contributed by atoms with Gasteiger partial charge in [0, 0.05) is 41.8 Å². The van der Waals surface area contributed by atoms with Crippen LogP contribution >= 0.6 is 0 Å². The highest BCUT2D eigenvalue weighted by atomic mass is 19.2. The minimum Gasteiger partial charge on any atom is -0.394 e. The Hall–Kier alpha value is -3.13. The molecule has 134 valence electrons. The van der Waals surface area contributed by atoms with Crippen LogP contribution in [0.1, 0.15) is 6.92 Å². The summed E-state index contributed by atoms with van der Waals surface area (Å²) in [6.45, 7) is 1.69. The third kappa shape index (κ3) is 4.28. The summed E-state index contributed by atoms with van der Waals surface area (Å²) in [5.74, 6) is -1.20. The van der Waals surface area contributed by atoms with E-state index in [9.17, 15) is 13.9 Å². The first-order valence-corrected chi connectivity index (χ1v) is 7.94. The van der Waals surface area contributed by atoms with Gasteiger partial charge < -0.3 is 15.7 Å². The van der Waals surface area contributed by atoms with Gasteiger partial charge >= 0.3 is 0 Å². The molecule has 6 nitrogen and oxygen atoms in total. The Kier molecular flexibility index (Phi) is 5.33. The third-order valence-corrected chi connectivity index (χ3v) is 3.52. The van der Waals surface area contributed by atoms with Crippen LogP contribution in [0, 0.1) is 11.6 Å². The topological polar surface area (TPSA) is 83.0 Å². The van der Waals surface area contributed by atoms with Crippen LogP contribution in [0.5, 0.6) is 0 Å². The summed E-state index contributed by atoms with van der Waals surface area (Å²) in [6.07, 6.45) is 3.31. The highest BCUT2D eigenvalue weighted by Crippen LogP contribution is 2.24. The van der Waals surface area contributed by atoms with Gasteiger partial charge in [-0.15, -0.1) is 0 Å². The van der Waals surface area contributed by atoms with Gasteiger partial charge in [0.15, 0.2) is 11.6 Å². The molecule has 3 rings (SSSR count). The van der Waals surface area contributed by atoms with Crippen molar-refractivity contribution in [2.75, 3.05) is 17.2 Å². The second kappa shape index (κ2) is 7.83. The summed E-state index contributed by atoms with van der Waals surface area (Å²) in [6, 6.07) is 8.54. The molecule has 1 aromatic carbocycles. The van der Waals surface area contributed by atoms with E-state index in [-0.39, 0.29) is 18.6 Å². The molecule has 0 saturated heterocycles. The second-order valence-electron chi connectivity index (χ2n) is 5.69. The first-order valence-electron chi connectivity index (χ1n) is 7.94. The molecule has 0 saturated carbocycles. The number of benzene rings is 1. The zero-order chi connectivity index (χ0) is 18.5. The van der Waals surface area contributed by atoms with Gasteiger partial charge in [0.1, 0.15) is 5.82 Å². The third-order valence-electron chi connectivity index (χ3n) is 3.52. The first-order chi connectivity index (χ1) is 12.5. The molecule has 1 atom stereocenters. The summed E-state index contributed by atoms with van der Waals surface area (Å²) in [5, 5.41) is 15.1. The number of hydrogen-bond acceptors (Lipinski definition) is 6. The number of nitrogens with one attached hydrogen (secondary N) is 2. The van der Waals surface area contributed by atoms with Crippen molar-refractivity contribution in [3.05, 3.63) is 60.4 Å². The molecule has 0 radical (unpaired) electrons. The van der Waals surface area contributed by atoms with Gasteiger partial charge in [0.25, 0.3) is 0 Å². The van der Waals surface area contributed by atoms with E-state index in [4.69, 9.17) is 0 Å². The Labute approximate surface area is 149 Å². The smallest absolute Gasteiger partial charge is 0.225 e. The molecular formula is C18H17F2N5O. The lowest BCUT2D eigenvalue weighted by molar-refractivity contribution is 0.281. The van der Waals surface area contributed by atoms with Gasteiger partial charge in [0.2, 0.25) is 5.95 Å². The standard InChI is InChI=1S/C18H17F2N5O/c1-11(10-26)22-18-24-16(12-3-2-6-21-9-12)8-17(25-18)23-13-4-5-14(19)15(20)7-13/h2-9,11,26H,10H2,1H3,(H2,22,23,24,25)/t11-/m0/s1. The summed E-state index contributed by atoms with van der Waals surface area (Å²) in [5.41, 5.74) is 1.70. The Morgan fingerprint density at radius 1 is 1.12 bits per heavy atom. The van der Waals surface area contributed by atoms with Crippen LogP contribution in [0.25, 0.3) is 11.3 Å². The van der Waals surface area contributed by atoms with Crippen molar-refractivity contribution in [3.63, 3.8) is 0 Å². The van der Waals surface area contributed by atoms with E-state index in [1.54, 1.807) is 31.5 Å². The predicted molar refractivity (Wildman–Crippen MR) is 95.1 cm³/mol. The summed E-state index contributed by atoms with van der Waals surface area (Å²) in [7, 11) is 0. The van der Waals surface area contributed by atoms with Gasteiger partial charge in [0.05, 0.1) is 12.3 Å². The number of anilines is 3. The Bertz CT molecular complexity index is 892. The number of rotatable bonds is 6. The maximum absolute atomic E-state index is 13.4. The number of aliphatic hydroxyl groups is 1. The summed E-state index contributed by atoms with van der Waals surface area (Å²) in [4.78, 5) is 12.8. The molecule has 0 fully saturated rings. The molecule has 0 bridgehead atoms. The maximum Gasteiger partial charge on any atom is 0.225 e. The molecular weight excluding hydrogens is 340 g/mol. The second-order valence-corrected chi connectivity index (χ2v) is 5.69. The van der Waals surface area contributed by atoms with Gasteiger partial charge in [-0.25, -0.2) is 13.8 Å². The molecule has 26 heavy (non-hydrogen) atoms. The molecule has 0 unspecified atom stereocenters. The molecule has 2 heterocycles. The normalized spacial score (nSPS) is 11.8. The number of pyridine rings is 1. The number of aromatic nitrogens is 3. The lowest BCUT2D eigenvalue weighted by Crippen LogP contribution is -2.21. The molecule has 0 amide bonds. The van der Waals surface area contributed by atoms with Crippen molar-refractivity contribution in [2.24, 2.45) is 0 Å². The van der Waals surface area contributed by atoms with E-state index in [0.29, 0.717) is 17.2 Å². The molecule has 0 spiro atoms. The molecule has 0 aliphatic carbocycles. The fourth-order valence-electron chi connectivity index (χ4n) is 2.23. The Morgan fingerprint density at radius 2 is 1.96 bits per heavy atom. The van der Waals surface area contributed by atoms with Crippen LogP contribution < -0.4 is 10.6 Å². The van der Waals surface area contributed by atoms with E-state index in [1.807, 2.05) is 6.07 Å². The van der Waals surface area contributed by atoms with Crippen LogP contribution in [-0.4, -0.2) is 32.7 Å². The SMILES string of the molecule is C[C@@H](CO)Nc1nc(Nc2ccc(F)c(F)c2)cc(-c2cccnc2)n1. The molecule has 3 N–H and O–H groups in total. The first kappa shape index (κ1) is 17.7.